The summed E-state index contributed by atoms with van der Waals surface area (Å²) >= 11 is 0. The number of halogens is 2. The summed E-state index contributed by atoms with van der Waals surface area (Å²) in [6, 6.07) is 22.4. The Hall–Kier alpha value is -3.57. The first-order valence-electron chi connectivity index (χ1n) is 12.0. The minimum Gasteiger partial charge on any atom is -0.487 e. The summed E-state index contributed by atoms with van der Waals surface area (Å²) in [4.78, 5) is 4.11. The molecule has 0 spiro atoms. The van der Waals surface area contributed by atoms with Gasteiger partial charge in [0, 0.05) is 24.7 Å². The van der Waals surface area contributed by atoms with Crippen LogP contribution in [0, 0.1) is 18.6 Å². The molecule has 0 aliphatic carbocycles. The molecule has 1 saturated heterocycles. The van der Waals surface area contributed by atoms with E-state index in [1.807, 2.05) is 24.3 Å². The predicted octanol–water partition coefficient (Wildman–Crippen LogP) is 6.77. The molecule has 0 amide bonds. The average molecular weight is 471 g/mol. The molecule has 178 valence electrons. The largest absolute Gasteiger partial charge is 0.487 e. The van der Waals surface area contributed by atoms with E-state index in [9.17, 15) is 8.78 Å². The fourth-order valence-corrected chi connectivity index (χ4v) is 5.15. The molecule has 4 aromatic rings. The van der Waals surface area contributed by atoms with Gasteiger partial charge in [-0.3, -0.25) is 4.98 Å². The van der Waals surface area contributed by atoms with Gasteiger partial charge in [0.2, 0.25) is 0 Å². The van der Waals surface area contributed by atoms with Crippen molar-refractivity contribution in [2.75, 3.05) is 13.1 Å². The molecular formula is C30H28F2N2O. The Morgan fingerprint density at radius 2 is 1.77 bits per heavy atom. The van der Waals surface area contributed by atoms with Gasteiger partial charge in [0.05, 0.1) is 6.20 Å². The maximum atomic E-state index is 14.0. The molecular weight excluding hydrogens is 442 g/mol. The zero-order valence-electron chi connectivity index (χ0n) is 19.7. The van der Waals surface area contributed by atoms with Crippen molar-refractivity contribution in [3.05, 3.63) is 119 Å². The number of aromatic nitrogens is 1. The van der Waals surface area contributed by atoms with Crippen molar-refractivity contribution in [1.29, 1.82) is 0 Å². The zero-order valence-corrected chi connectivity index (χ0v) is 19.7. The lowest BCUT2D eigenvalue weighted by Gasteiger charge is -2.34. The van der Waals surface area contributed by atoms with Gasteiger partial charge in [0.15, 0.2) is 0 Å². The van der Waals surface area contributed by atoms with E-state index in [1.54, 1.807) is 12.4 Å². The molecule has 1 aliphatic rings. The van der Waals surface area contributed by atoms with Gasteiger partial charge in [-0.2, -0.15) is 0 Å². The number of hydrogen-bond donors (Lipinski definition) is 1. The van der Waals surface area contributed by atoms with Crippen LogP contribution in [0.3, 0.4) is 0 Å². The second-order valence-corrected chi connectivity index (χ2v) is 9.11. The number of ether oxygens (including phenoxy) is 1. The van der Waals surface area contributed by atoms with Gasteiger partial charge in [-0.15, -0.1) is 0 Å². The Bertz CT molecular complexity index is 1290. The van der Waals surface area contributed by atoms with E-state index < -0.39 is 11.6 Å². The van der Waals surface area contributed by atoms with Crippen LogP contribution in [0.2, 0.25) is 0 Å². The third kappa shape index (κ3) is 5.25. The quantitative estimate of drug-likeness (QED) is 0.337. The Balaban J connectivity index is 1.43. The first-order valence-corrected chi connectivity index (χ1v) is 12.0. The Kier molecular flexibility index (Phi) is 6.87. The van der Waals surface area contributed by atoms with E-state index in [1.165, 1.54) is 23.3 Å². The predicted molar refractivity (Wildman–Crippen MR) is 135 cm³/mol. The number of rotatable bonds is 6. The van der Waals surface area contributed by atoms with Crippen LogP contribution in [0.15, 0.2) is 85.2 Å². The molecule has 1 N–H and O–H groups in total. The molecule has 5 heteroatoms. The SMILES string of the molecule is Cc1cc(-c2ccccc2COc2cccnc2)ccc1[C@H]1CNCC[C@@H]1c1cc(F)cc(F)c1. The number of aryl methyl sites for hydroxylation is 1. The van der Waals surface area contributed by atoms with E-state index in [2.05, 4.69) is 47.6 Å². The van der Waals surface area contributed by atoms with E-state index in [0.29, 0.717) is 6.61 Å². The highest BCUT2D eigenvalue weighted by atomic mass is 19.1. The van der Waals surface area contributed by atoms with Crippen LogP contribution < -0.4 is 10.1 Å². The maximum Gasteiger partial charge on any atom is 0.138 e. The van der Waals surface area contributed by atoms with Crippen molar-refractivity contribution in [3.8, 4) is 16.9 Å². The summed E-state index contributed by atoms with van der Waals surface area (Å²) in [6.07, 6.45) is 4.27. The van der Waals surface area contributed by atoms with E-state index >= 15 is 0 Å². The molecule has 2 heterocycles. The van der Waals surface area contributed by atoms with Crippen molar-refractivity contribution in [2.24, 2.45) is 0 Å². The highest BCUT2D eigenvalue weighted by molar-refractivity contribution is 5.68. The molecule has 1 fully saturated rings. The van der Waals surface area contributed by atoms with E-state index in [4.69, 9.17) is 4.74 Å². The lowest BCUT2D eigenvalue weighted by atomic mass is 9.76. The lowest BCUT2D eigenvalue weighted by molar-refractivity contribution is 0.305. The third-order valence-corrected chi connectivity index (χ3v) is 6.82. The first-order chi connectivity index (χ1) is 17.1. The van der Waals surface area contributed by atoms with Gasteiger partial charge < -0.3 is 10.1 Å². The van der Waals surface area contributed by atoms with Crippen LogP contribution in [-0.2, 0) is 6.61 Å². The van der Waals surface area contributed by atoms with Crippen molar-refractivity contribution in [3.63, 3.8) is 0 Å². The zero-order chi connectivity index (χ0) is 24.2. The molecule has 0 bridgehead atoms. The van der Waals surface area contributed by atoms with Gasteiger partial charge in [0.25, 0.3) is 0 Å². The lowest BCUT2D eigenvalue weighted by Crippen LogP contribution is -2.34. The minimum atomic E-state index is -0.519. The van der Waals surface area contributed by atoms with Crippen LogP contribution in [0.4, 0.5) is 8.78 Å². The fourth-order valence-electron chi connectivity index (χ4n) is 5.15. The third-order valence-electron chi connectivity index (χ3n) is 6.82. The van der Waals surface area contributed by atoms with Crippen LogP contribution in [-0.4, -0.2) is 18.1 Å². The van der Waals surface area contributed by atoms with Crippen molar-refractivity contribution in [1.82, 2.24) is 10.3 Å². The summed E-state index contributed by atoms with van der Waals surface area (Å²) < 4.78 is 33.9. The number of pyridine rings is 1. The molecule has 35 heavy (non-hydrogen) atoms. The van der Waals surface area contributed by atoms with Crippen molar-refractivity contribution < 1.29 is 13.5 Å². The van der Waals surface area contributed by atoms with Gasteiger partial charge in [-0.05, 0) is 83.5 Å². The summed E-state index contributed by atoms with van der Waals surface area (Å²) in [5.41, 5.74) is 6.44. The second-order valence-electron chi connectivity index (χ2n) is 9.11. The second kappa shape index (κ2) is 10.4. The van der Waals surface area contributed by atoms with Crippen molar-refractivity contribution >= 4 is 0 Å². The Morgan fingerprint density at radius 3 is 2.54 bits per heavy atom. The standard InChI is InChI=1S/C30H28F2N2O/c1-20-13-21(28-7-3-2-5-22(28)19-35-26-6-4-11-33-17-26)8-9-27(20)30-18-34-12-10-29(30)23-14-24(31)16-25(32)15-23/h2-9,11,13-17,29-30,34H,10,12,18-19H2,1H3/t29-,30-/m1/s1. The van der Waals surface area contributed by atoms with Crippen LogP contribution in [0.1, 0.15) is 40.5 Å². The molecule has 0 saturated carbocycles. The summed E-state index contributed by atoms with van der Waals surface area (Å²) in [7, 11) is 0. The van der Waals surface area contributed by atoms with Crippen molar-refractivity contribution in [2.45, 2.75) is 31.8 Å². The molecule has 3 nitrogen and oxygen atoms in total. The highest BCUT2D eigenvalue weighted by Gasteiger charge is 2.29. The fraction of sp³-hybridized carbons (Fsp3) is 0.233. The van der Waals surface area contributed by atoms with Gasteiger partial charge in [0.1, 0.15) is 24.0 Å². The number of nitrogens with zero attached hydrogens (tertiary/aromatic N) is 1. The molecule has 1 aromatic heterocycles. The molecule has 2 atom stereocenters. The molecule has 1 aliphatic heterocycles. The topological polar surface area (TPSA) is 34.1 Å². The molecule has 3 aromatic carbocycles. The molecule has 0 unspecified atom stereocenters. The normalized spacial score (nSPS) is 17.8. The average Bonchev–Trinajstić information content (AvgIpc) is 2.88. The monoisotopic (exact) mass is 470 g/mol. The summed E-state index contributed by atoms with van der Waals surface area (Å²) in [5, 5.41) is 3.47. The number of nitrogens with one attached hydrogen (secondary N) is 1. The number of benzene rings is 3. The van der Waals surface area contributed by atoms with Gasteiger partial charge in [-0.25, -0.2) is 8.78 Å². The van der Waals surface area contributed by atoms with Gasteiger partial charge >= 0.3 is 0 Å². The molecule has 0 radical (unpaired) electrons. The van der Waals surface area contributed by atoms with Crippen LogP contribution in [0.25, 0.3) is 11.1 Å². The maximum absolute atomic E-state index is 14.0. The smallest absolute Gasteiger partial charge is 0.138 e. The highest BCUT2D eigenvalue weighted by Crippen LogP contribution is 2.40. The Morgan fingerprint density at radius 1 is 0.943 bits per heavy atom. The number of piperidine rings is 1. The molecule has 5 rings (SSSR count). The Labute approximate surface area is 204 Å². The summed E-state index contributed by atoms with van der Waals surface area (Å²) in [6.45, 7) is 4.17. The van der Waals surface area contributed by atoms with E-state index in [0.717, 1.165) is 53.6 Å². The summed E-state index contributed by atoms with van der Waals surface area (Å²) in [5.74, 6) is -0.100. The minimum absolute atomic E-state index is 0.0613. The van der Waals surface area contributed by atoms with Crippen LogP contribution >= 0.6 is 0 Å². The van der Waals surface area contributed by atoms with Gasteiger partial charge in [-0.1, -0.05) is 42.5 Å². The van der Waals surface area contributed by atoms with Crippen LogP contribution in [0.5, 0.6) is 5.75 Å². The first kappa shape index (κ1) is 23.2. The number of hydrogen-bond acceptors (Lipinski definition) is 3. The van der Waals surface area contributed by atoms with E-state index in [-0.39, 0.29) is 11.8 Å².